The molecular formula is C14H22N2O2. The van der Waals surface area contributed by atoms with E-state index in [1.54, 1.807) is 0 Å². The van der Waals surface area contributed by atoms with Crippen LogP contribution in [0.2, 0.25) is 0 Å². The molecule has 4 nitrogen and oxygen atoms in total. The van der Waals surface area contributed by atoms with Gasteiger partial charge in [-0.3, -0.25) is 4.79 Å². The summed E-state index contributed by atoms with van der Waals surface area (Å²) in [6.45, 7) is 10.6. The van der Waals surface area contributed by atoms with E-state index in [0.29, 0.717) is 0 Å². The number of hydrogen-bond acceptors (Lipinski definition) is 3. The number of carbonyl (C=O) groups excluding carboxylic acids is 1. The molecule has 1 aliphatic rings. The van der Waals surface area contributed by atoms with Gasteiger partial charge < -0.3 is 9.42 Å². The second-order valence-corrected chi connectivity index (χ2v) is 6.14. The Morgan fingerprint density at radius 2 is 2.06 bits per heavy atom. The summed E-state index contributed by atoms with van der Waals surface area (Å²) in [4.78, 5) is 14.5. The number of aromatic nitrogens is 1. The van der Waals surface area contributed by atoms with Crippen molar-refractivity contribution in [2.45, 2.75) is 53.5 Å². The zero-order valence-electron chi connectivity index (χ0n) is 11.9. The molecule has 1 fully saturated rings. The first-order chi connectivity index (χ1) is 8.32. The molecule has 0 saturated carbocycles. The van der Waals surface area contributed by atoms with E-state index in [1.807, 2.05) is 39.5 Å². The highest BCUT2D eigenvalue weighted by atomic mass is 16.5. The van der Waals surface area contributed by atoms with Crippen LogP contribution in [0.25, 0.3) is 0 Å². The summed E-state index contributed by atoms with van der Waals surface area (Å²) >= 11 is 0. The molecule has 0 aliphatic carbocycles. The minimum absolute atomic E-state index is 0.142. The van der Waals surface area contributed by atoms with Crippen molar-refractivity contribution in [1.82, 2.24) is 10.1 Å². The summed E-state index contributed by atoms with van der Waals surface area (Å²) in [7, 11) is 0. The standard InChI is InChI=1S/C14H22N2O2/c1-9-12(10(2)18-15-9)11-7-6-8-16(11)13(17)14(3,4)5/h11H,6-8H2,1-5H3/t11-/m1/s1. The Hall–Kier alpha value is -1.32. The average Bonchev–Trinajstić information content (AvgIpc) is 2.83. The molecule has 0 N–H and O–H groups in total. The molecule has 2 heterocycles. The van der Waals surface area contributed by atoms with Gasteiger partial charge in [-0.25, -0.2) is 0 Å². The van der Waals surface area contributed by atoms with Gasteiger partial charge in [0.05, 0.1) is 11.7 Å². The minimum Gasteiger partial charge on any atom is -0.361 e. The van der Waals surface area contributed by atoms with Crippen LogP contribution in [0.15, 0.2) is 4.52 Å². The van der Waals surface area contributed by atoms with Crippen molar-refractivity contribution in [3.8, 4) is 0 Å². The van der Waals surface area contributed by atoms with E-state index in [4.69, 9.17) is 4.52 Å². The Kier molecular flexibility index (Phi) is 3.21. The maximum Gasteiger partial charge on any atom is 0.228 e. The van der Waals surface area contributed by atoms with Crippen molar-refractivity contribution in [2.75, 3.05) is 6.54 Å². The van der Waals surface area contributed by atoms with Gasteiger partial charge in [-0.2, -0.15) is 0 Å². The lowest BCUT2D eigenvalue weighted by Gasteiger charge is -2.31. The number of likely N-dealkylation sites (tertiary alicyclic amines) is 1. The fourth-order valence-electron chi connectivity index (χ4n) is 2.71. The number of nitrogens with zero attached hydrogens (tertiary/aromatic N) is 2. The normalized spacial score (nSPS) is 20.5. The van der Waals surface area contributed by atoms with Crippen LogP contribution in [-0.4, -0.2) is 22.5 Å². The molecule has 1 amide bonds. The molecule has 1 aliphatic heterocycles. The predicted octanol–water partition coefficient (Wildman–Crippen LogP) is 3.00. The predicted molar refractivity (Wildman–Crippen MR) is 69.1 cm³/mol. The molecule has 0 radical (unpaired) electrons. The van der Waals surface area contributed by atoms with Crippen LogP contribution in [0, 0.1) is 19.3 Å². The van der Waals surface area contributed by atoms with Gasteiger partial charge in [0.25, 0.3) is 0 Å². The van der Waals surface area contributed by atoms with E-state index in [9.17, 15) is 4.79 Å². The van der Waals surface area contributed by atoms with Crippen LogP contribution in [-0.2, 0) is 4.79 Å². The molecule has 0 bridgehead atoms. The monoisotopic (exact) mass is 250 g/mol. The molecule has 4 heteroatoms. The molecule has 1 atom stereocenters. The van der Waals surface area contributed by atoms with Gasteiger partial charge in [0.2, 0.25) is 5.91 Å². The fraction of sp³-hybridized carbons (Fsp3) is 0.714. The van der Waals surface area contributed by atoms with Gasteiger partial charge in [-0.15, -0.1) is 0 Å². The van der Waals surface area contributed by atoms with Gasteiger partial charge in [0, 0.05) is 17.5 Å². The van der Waals surface area contributed by atoms with E-state index in [1.165, 1.54) is 0 Å². The van der Waals surface area contributed by atoms with Crippen LogP contribution in [0.3, 0.4) is 0 Å². The lowest BCUT2D eigenvalue weighted by molar-refractivity contribution is -0.140. The van der Waals surface area contributed by atoms with E-state index >= 15 is 0 Å². The quantitative estimate of drug-likeness (QED) is 0.769. The minimum atomic E-state index is -0.332. The Morgan fingerprint density at radius 1 is 1.39 bits per heavy atom. The Morgan fingerprint density at radius 3 is 2.56 bits per heavy atom. The third-order valence-electron chi connectivity index (χ3n) is 3.58. The molecule has 1 saturated heterocycles. The molecule has 100 valence electrons. The first-order valence-electron chi connectivity index (χ1n) is 6.56. The first-order valence-corrected chi connectivity index (χ1v) is 6.56. The Balaban J connectivity index is 2.31. The third kappa shape index (κ3) is 2.16. The molecule has 2 rings (SSSR count). The summed E-state index contributed by atoms with van der Waals surface area (Å²) in [6, 6.07) is 0.142. The number of rotatable bonds is 1. The van der Waals surface area contributed by atoms with Crippen LogP contribution in [0.1, 0.15) is 56.7 Å². The summed E-state index contributed by atoms with van der Waals surface area (Å²) < 4.78 is 5.23. The van der Waals surface area contributed by atoms with Gasteiger partial charge in [-0.1, -0.05) is 25.9 Å². The van der Waals surface area contributed by atoms with Crippen molar-refractivity contribution in [3.63, 3.8) is 0 Å². The Labute approximate surface area is 108 Å². The number of aryl methyl sites for hydroxylation is 2. The van der Waals surface area contributed by atoms with Gasteiger partial charge in [-0.05, 0) is 26.7 Å². The summed E-state index contributed by atoms with van der Waals surface area (Å²) in [6.07, 6.45) is 2.06. The van der Waals surface area contributed by atoms with Crippen LogP contribution in [0.5, 0.6) is 0 Å². The SMILES string of the molecule is Cc1noc(C)c1[C@H]1CCCN1C(=O)C(C)(C)C. The highest BCUT2D eigenvalue weighted by Crippen LogP contribution is 2.37. The van der Waals surface area contributed by atoms with Crippen molar-refractivity contribution < 1.29 is 9.32 Å². The smallest absolute Gasteiger partial charge is 0.228 e. The van der Waals surface area contributed by atoms with Crippen LogP contribution in [0.4, 0.5) is 0 Å². The van der Waals surface area contributed by atoms with Crippen molar-refractivity contribution in [2.24, 2.45) is 5.41 Å². The molecule has 0 aromatic carbocycles. The lowest BCUT2D eigenvalue weighted by Crippen LogP contribution is -2.39. The second kappa shape index (κ2) is 4.41. The van der Waals surface area contributed by atoms with Gasteiger partial charge in [0.1, 0.15) is 5.76 Å². The van der Waals surface area contributed by atoms with E-state index in [-0.39, 0.29) is 17.4 Å². The van der Waals surface area contributed by atoms with Crippen LogP contribution >= 0.6 is 0 Å². The molecule has 1 aromatic heterocycles. The van der Waals surface area contributed by atoms with Crippen molar-refractivity contribution in [1.29, 1.82) is 0 Å². The zero-order chi connectivity index (χ0) is 13.5. The molecule has 18 heavy (non-hydrogen) atoms. The number of hydrogen-bond donors (Lipinski definition) is 0. The van der Waals surface area contributed by atoms with E-state index < -0.39 is 0 Å². The largest absolute Gasteiger partial charge is 0.361 e. The summed E-state index contributed by atoms with van der Waals surface area (Å²) in [5.74, 6) is 1.05. The number of amides is 1. The highest BCUT2D eigenvalue weighted by Gasteiger charge is 2.37. The topological polar surface area (TPSA) is 46.3 Å². The number of carbonyl (C=O) groups is 1. The zero-order valence-corrected chi connectivity index (χ0v) is 11.9. The van der Waals surface area contributed by atoms with Crippen molar-refractivity contribution in [3.05, 3.63) is 17.0 Å². The maximum atomic E-state index is 12.5. The lowest BCUT2D eigenvalue weighted by atomic mass is 9.93. The van der Waals surface area contributed by atoms with Gasteiger partial charge in [0.15, 0.2) is 0 Å². The van der Waals surface area contributed by atoms with Crippen molar-refractivity contribution >= 4 is 5.91 Å². The maximum absolute atomic E-state index is 12.5. The summed E-state index contributed by atoms with van der Waals surface area (Å²) in [5.41, 5.74) is 1.68. The molecule has 0 spiro atoms. The molecular weight excluding hydrogens is 228 g/mol. The van der Waals surface area contributed by atoms with E-state index in [2.05, 4.69) is 5.16 Å². The Bertz CT molecular complexity index is 437. The highest BCUT2D eigenvalue weighted by molar-refractivity contribution is 5.82. The second-order valence-electron chi connectivity index (χ2n) is 6.14. The molecule has 0 unspecified atom stereocenters. The average molecular weight is 250 g/mol. The van der Waals surface area contributed by atoms with Crippen LogP contribution < -0.4 is 0 Å². The fourth-order valence-corrected chi connectivity index (χ4v) is 2.71. The third-order valence-corrected chi connectivity index (χ3v) is 3.58. The first kappa shape index (κ1) is 13.1. The van der Waals surface area contributed by atoms with Gasteiger partial charge >= 0.3 is 0 Å². The summed E-state index contributed by atoms with van der Waals surface area (Å²) in [5, 5.41) is 4.00. The van der Waals surface area contributed by atoms with E-state index in [0.717, 1.165) is 36.4 Å². The molecule has 1 aromatic rings.